The van der Waals surface area contributed by atoms with Crippen molar-refractivity contribution in [3.63, 3.8) is 0 Å². The van der Waals surface area contributed by atoms with Gasteiger partial charge in [-0.15, -0.1) is 0 Å². The minimum Gasteiger partial charge on any atom is -0.387 e. The molecule has 0 aliphatic carbocycles. The van der Waals surface area contributed by atoms with Crippen LogP contribution in [-0.4, -0.2) is 70.0 Å². The molecule has 25 heavy (non-hydrogen) atoms. The van der Waals surface area contributed by atoms with Gasteiger partial charge in [0.05, 0.1) is 12.1 Å². The third kappa shape index (κ3) is 4.83. The molecule has 2 saturated heterocycles. The van der Waals surface area contributed by atoms with Gasteiger partial charge in [-0.1, -0.05) is 0 Å². The third-order valence-electron chi connectivity index (χ3n) is 4.87. The van der Waals surface area contributed by atoms with Crippen LogP contribution in [-0.2, 0) is 4.79 Å². The largest absolute Gasteiger partial charge is 0.387 e. The monoisotopic (exact) mass is 351 g/mol. The molecule has 2 aliphatic heterocycles. The summed E-state index contributed by atoms with van der Waals surface area (Å²) in [6.07, 6.45) is 6.65. The zero-order chi connectivity index (χ0) is 17.9. The zero-order valence-corrected chi connectivity index (χ0v) is 14.1. The van der Waals surface area contributed by atoms with Gasteiger partial charge in [-0.2, -0.15) is 0 Å². The number of carbonyl (C=O) groups is 1. The van der Waals surface area contributed by atoms with Crippen molar-refractivity contribution in [1.29, 1.82) is 0 Å². The van der Waals surface area contributed by atoms with Crippen LogP contribution in [0, 0.1) is 0 Å². The number of carbonyl (C=O) groups excluding carboxylic acids is 1. The topological polar surface area (TPSA) is 56.7 Å². The van der Waals surface area contributed by atoms with E-state index in [1.807, 2.05) is 4.90 Å². The molecule has 1 N–H and O–H groups in total. The van der Waals surface area contributed by atoms with Crippen molar-refractivity contribution >= 4 is 12.0 Å². The molecule has 1 atom stereocenters. The number of halogens is 2. The molecular weight excluding hydrogens is 328 g/mol. The van der Waals surface area contributed by atoms with Gasteiger partial charge in [0.1, 0.15) is 0 Å². The molecule has 0 bridgehead atoms. The molecule has 0 radical (unpaired) electrons. The third-order valence-corrected chi connectivity index (χ3v) is 4.87. The van der Waals surface area contributed by atoms with Crippen LogP contribution < -0.4 is 0 Å². The number of amides is 1. The number of aromatic nitrogens is 1. The van der Waals surface area contributed by atoms with Gasteiger partial charge in [0.15, 0.2) is 0 Å². The molecule has 0 spiro atoms. The van der Waals surface area contributed by atoms with E-state index in [1.54, 1.807) is 35.5 Å². The lowest BCUT2D eigenvalue weighted by Gasteiger charge is -2.36. The Morgan fingerprint density at radius 2 is 1.88 bits per heavy atom. The Balaban J connectivity index is 1.52. The SMILES string of the molecule is O=C(/C=C/c1ccncc1)N1CCC(O)(CN2CCC(F)(F)CC2)C1. The van der Waals surface area contributed by atoms with E-state index >= 15 is 0 Å². The van der Waals surface area contributed by atoms with E-state index in [1.165, 1.54) is 6.08 Å². The summed E-state index contributed by atoms with van der Waals surface area (Å²) in [5.74, 6) is -2.74. The smallest absolute Gasteiger partial charge is 0.250 e. The fraction of sp³-hybridized carbons (Fsp3) is 0.556. The Morgan fingerprint density at radius 3 is 2.56 bits per heavy atom. The van der Waals surface area contributed by atoms with E-state index in [-0.39, 0.29) is 38.4 Å². The molecule has 0 aromatic carbocycles. The first-order valence-corrected chi connectivity index (χ1v) is 8.55. The molecule has 1 amide bonds. The highest BCUT2D eigenvalue weighted by Crippen LogP contribution is 2.30. The van der Waals surface area contributed by atoms with E-state index in [4.69, 9.17) is 0 Å². The van der Waals surface area contributed by atoms with Crippen LogP contribution in [0.5, 0.6) is 0 Å². The molecule has 2 fully saturated rings. The first kappa shape index (κ1) is 17.9. The van der Waals surface area contributed by atoms with Crippen molar-refractivity contribution in [3.05, 3.63) is 36.2 Å². The van der Waals surface area contributed by atoms with Crippen molar-refractivity contribution in [2.75, 3.05) is 32.7 Å². The lowest BCUT2D eigenvalue weighted by Crippen LogP contribution is -2.49. The van der Waals surface area contributed by atoms with E-state index in [2.05, 4.69) is 4.98 Å². The molecule has 3 heterocycles. The lowest BCUT2D eigenvalue weighted by molar-refractivity contribution is -0.126. The zero-order valence-electron chi connectivity index (χ0n) is 14.1. The van der Waals surface area contributed by atoms with Crippen molar-refractivity contribution in [3.8, 4) is 0 Å². The molecule has 3 rings (SSSR count). The van der Waals surface area contributed by atoms with Crippen LogP contribution in [0.3, 0.4) is 0 Å². The van der Waals surface area contributed by atoms with Crippen LogP contribution >= 0.6 is 0 Å². The summed E-state index contributed by atoms with van der Waals surface area (Å²) in [5, 5.41) is 10.7. The summed E-state index contributed by atoms with van der Waals surface area (Å²) in [6.45, 7) is 1.61. The molecule has 2 aliphatic rings. The highest BCUT2D eigenvalue weighted by atomic mass is 19.3. The minimum absolute atomic E-state index is 0.155. The van der Waals surface area contributed by atoms with E-state index in [9.17, 15) is 18.7 Å². The highest BCUT2D eigenvalue weighted by molar-refractivity contribution is 5.92. The molecular formula is C18H23F2N3O2. The van der Waals surface area contributed by atoms with Crippen molar-refractivity contribution in [1.82, 2.24) is 14.8 Å². The van der Waals surface area contributed by atoms with Gasteiger partial charge in [-0.25, -0.2) is 8.78 Å². The van der Waals surface area contributed by atoms with Crippen molar-refractivity contribution < 1.29 is 18.7 Å². The highest BCUT2D eigenvalue weighted by Gasteiger charge is 2.41. The maximum Gasteiger partial charge on any atom is 0.250 e. The average molecular weight is 351 g/mol. The summed E-state index contributed by atoms with van der Waals surface area (Å²) in [7, 11) is 0. The molecule has 1 unspecified atom stereocenters. The number of β-amino-alcohol motifs (C(OH)–C–C–N with tert-alkyl or cyclic N) is 1. The number of hydrogen-bond donors (Lipinski definition) is 1. The van der Waals surface area contributed by atoms with Gasteiger partial charge >= 0.3 is 0 Å². The van der Waals surface area contributed by atoms with Crippen LogP contribution in [0.4, 0.5) is 8.78 Å². The standard InChI is InChI=1S/C18H23F2N3O2/c19-18(20)6-10-22(11-7-18)13-17(25)5-12-23(14-17)16(24)2-1-15-3-8-21-9-4-15/h1-4,8-9,25H,5-7,10-14H2/b2-1+. The summed E-state index contributed by atoms with van der Waals surface area (Å²) < 4.78 is 26.5. The molecule has 136 valence electrons. The minimum atomic E-state index is -2.59. The second-order valence-electron chi connectivity index (χ2n) is 6.98. The Bertz CT molecular complexity index is 628. The molecule has 1 aromatic rings. The van der Waals surface area contributed by atoms with Crippen molar-refractivity contribution in [2.45, 2.75) is 30.8 Å². The van der Waals surface area contributed by atoms with Crippen LogP contribution in [0.1, 0.15) is 24.8 Å². The number of aliphatic hydroxyl groups is 1. The predicted molar refractivity (Wildman–Crippen MR) is 90.0 cm³/mol. The van der Waals surface area contributed by atoms with Gasteiger partial charge in [0, 0.05) is 57.5 Å². The van der Waals surface area contributed by atoms with E-state index in [0.717, 1.165) is 5.56 Å². The Morgan fingerprint density at radius 1 is 1.20 bits per heavy atom. The summed E-state index contributed by atoms with van der Waals surface area (Å²) in [6, 6.07) is 3.60. The first-order chi connectivity index (χ1) is 11.9. The summed E-state index contributed by atoms with van der Waals surface area (Å²) >= 11 is 0. The summed E-state index contributed by atoms with van der Waals surface area (Å²) in [4.78, 5) is 19.7. The Kier molecular flexibility index (Phi) is 5.15. The maximum absolute atomic E-state index is 13.2. The number of piperidine rings is 1. The first-order valence-electron chi connectivity index (χ1n) is 8.55. The van der Waals surface area contributed by atoms with Gasteiger partial charge in [0.25, 0.3) is 5.92 Å². The van der Waals surface area contributed by atoms with Gasteiger partial charge in [-0.3, -0.25) is 14.7 Å². The molecule has 0 saturated carbocycles. The fourth-order valence-electron chi connectivity index (χ4n) is 3.38. The average Bonchev–Trinajstić information content (AvgIpc) is 2.98. The Labute approximate surface area is 146 Å². The second kappa shape index (κ2) is 7.17. The van der Waals surface area contributed by atoms with Crippen LogP contribution in [0.2, 0.25) is 0 Å². The number of nitrogens with zero attached hydrogens (tertiary/aromatic N) is 3. The maximum atomic E-state index is 13.2. The summed E-state index contributed by atoms with van der Waals surface area (Å²) in [5.41, 5.74) is -0.140. The van der Waals surface area contributed by atoms with Gasteiger partial charge in [0.2, 0.25) is 5.91 Å². The Hall–Kier alpha value is -1.86. The number of hydrogen-bond acceptors (Lipinski definition) is 4. The van der Waals surface area contributed by atoms with Gasteiger partial charge < -0.3 is 10.0 Å². The van der Waals surface area contributed by atoms with Crippen LogP contribution in [0.15, 0.2) is 30.6 Å². The molecule has 1 aromatic heterocycles. The number of alkyl halides is 2. The van der Waals surface area contributed by atoms with Gasteiger partial charge in [-0.05, 0) is 30.2 Å². The molecule has 7 heteroatoms. The fourth-order valence-corrected chi connectivity index (χ4v) is 3.38. The second-order valence-corrected chi connectivity index (χ2v) is 6.98. The quantitative estimate of drug-likeness (QED) is 0.841. The van der Waals surface area contributed by atoms with Crippen LogP contribution in [0.25, 0.3) is 6.08 Å². The van der Waals surface area contributed by atoms with Crippen molar-refractivity contribution in [2.24, 2.45) is 0 Å². The van der Waals surface area contributed by atoms with E-state index < -0.39 is 11.5 Å². The molecule has 5 nitrogen and oxygen atoms in total. The number of likely N-dealkylation sites (tertiary alicyclic amines) is 2. The normalized spacial score (nSPS) is 27.1. The van der Waals surface area contributed by atoms with E-state index in [0.29, 0.717) is 19.5 Å². The lowest BCUT2D eigenvalue weighted by atomic mass is 10.00. The number of rotatable bonds is 4. The predicted octanol–water partition coefficient (Wildman–Crippen LogP) is 1.79. The number of pyridine rings is 1.